The first-order valence-corrected chi connectivity index (χ1v) is 5.44. The maximum Gasteiger partial charge on any atom is 0.0483 e. The lowest BCUT2D eigenvalue weighted by Crippen LogP contribution is -1.85. The maximum atomic E-state index is 8.42. The predicted molar refractivity (Wildman–Crippen MR) is 57.8 cm³/mol. The van der Waals surface area contributed by atoms with Gasteiger partial charge in [0.25, 0.3) is 0 Å². The standard InChI is InChI=1S/C8H18O.C3H8O/c1-2-3-4-5-6-7-8-9;1-3(2)4/h9H,2-8H2,1H3;3-4H,1-2H3. The average molecular weight is 190 g/mol. The molecule has 2 N–H and O–H groups in total. The summed E-state index contributed by atoms with van der Waals surface area (Å²) in [7, 11) is 0. The van der Waals surface area contributed by atoms with Crippen LogP contribution in [0.4, 0.5) is 0 Å². The van der Waals surface area contributed by atoms with Crippen molar-refractivity contribution in [2.45, 2.75) is 65.4 Å². The zero-order valence-corrected chi connectivity index (χ0v) is 9.42. The van der Waals surface area contributed by atoms with Crippen LogP contribution in [0.15, 0.2) is 0 Å². The van der Waals surface area contributed by atoms with E-state index in [9.17, 15) is 0 Å². The molecule has 0 bridgehead atoms. The Kier molecular flexibility index (Phi) is 17.1. The summed E-state index contributed by atoms with van der Waals surface area (Å²) in [6.45, 7) is 6.03. The summed E-state index contributed by atoms with van der Waals surface area (Å²) in [5, 5.41) is 16.5. The predicted octanol–water partition coefficient (Wildman–Crippen LogP) is 2.73. The first-order valence-electron chi connectivity index (χ1n) is 5.44. The molecule has 0 heterocycles. The average Bonchev–Trinajstić information content (AvgIpc) is 2.03. The summed E-state index contributed by atoms with van der Waals surface area (Å²) in [4.78, 5) is 0. The summed E-state index contributed by atoms with van der Waals surface area (Å²) >= 11 is 0. The molecule has 0 aliphatic heterocycles. The van der Waals surface area contributed by atoms with Gasteiger partial charge in [0.2, 0.25) is 0 Å². The molecule has 0 aromatic rings. The zero-order valence-electron chi connectivity index (χ0n) is 9.42. The Balaban J connectivity index is 0. The fourth-order valence-electron chi connectivity index (χ4n) is 0.892. The number of rotatable bonds is 6. The van der Waals surface area contributed by atoms with Gasteiger partial charge < -0.3 is 10.2 Å². The molecule has 0 unspecified atom stereocenters. The molecule has 0 aromatic heterocycles. The van der Waals surface area contributed by atoms with Crippen molar-refractivity contribution in [1.82, 2.24) is 0 Å². The van der Waals surface area contributed by atoms with Crippen molar-refractivity contribution in [2.24, 2.45) is 0 Å². The highest BCUT2D eigenvalue weighted by Crippen LogP contribution is 2.03. The van der Waals surface area contributed by atoms with Crippen molar-refractivity contribution in [2.75, 3.05) is 6.61 Å². The Labute approximate surface area is 83.0 Å². The topological polar surface area (TPSA) is 40.5 Å². The number of hydrogen-bond acceptors (Lipinski definition) is 2. The van der Waals surface area contributed by atoms with E-state index in [1.165, 1.54) is 32.1 Å². The summed E-state index contributed by atoms with van der Waals surface area (Å²) in [5.74, 6) is 0. The summed E-state index contributed by atoms with van der Waals surface area (Å²) in [6, 6.07) is 0. The maximum absolute atomic E-state index is 8.42. The molecule has 0 aliphatic carbocycles. The lowest BCUT2D eigenvalue weighted by molar-refractivity contribution is 0.216. The van der Waals surface area contributed by atoms with E-state index in [0.29, 0.717) is 6.61 Å². The lowest BCUT2D eigenvalue weighted by Gasteiger charge is -1.95. The molecule has 82 valence electrons. The van der Waals surface area contributed by atoms with Gasteiger partial charge in [0.05, 0.1) is 0 Å². The van der Waals surface area contributed by atoms with Gasteiger partial charge in [-0.25, -0.2) is 0 Å². The van der Waals surface area contributed by atoms with Crippen LogP contribution in [0, 0.1) is 0 Å². The van der Waals surface area contributed by atoms with E-state index in [-0.39, 0.29) is 6.10 Å². The molecular formula is C11H26O2. The van der Waals surface area contributed by atoms with Gasteiger partial charge >= 0.3 is 0 Å². The molecule has 13 heavy (non-hydrogen) atoms. The van der Waals surface area contributed by atoms with E-state index in [1.54, 1.807) is 13.8 Å². The van der Waals surface area contributed by atoms with Crippen molar-refractivity contribution < 1.29 is 10.2 Å². The summed E-state index contributed by atoms with van der Waals surface area (Å²) in [6.07, 6.45) is 7.33. The van der Waals surface area contributed by atoms with E-state index < -0.39 is 0 Å². The van der Waals surface area contributed by atoms with Gasteiger partial charge in [0.1, 0.15) is 0 Å². The van der Waals surface area contributed by atoms with Crippen LogP contribution in [0.25, 0.3) is 0 Å². The third kappa shape index (κ3) is 33.5. The highest BCUT2D eigenvalue weighted by atomic mass is 16.3. The van der Waals surface area contributed by atoms with Crippen LogP contribution in [0.2, 0.25) is 0 Å². The quantitative estimate of drug-likeness (QED) is 0.632. The van der Waals surface area contributed by atoms with Crippen molar-refractivity contribution in [3.8, 4) is 0 Å². The molecule has 0 radical (unpaired) electrons. The highest BCUT2D eigenvalue weighted by Gasteiger charge is 1.86. The second-order valence-electron chi connectivity index (χ2n) is 3.59. The Morgan fingerprint density at radius 1 is 0.923 bits per heavy atom. The van der Waals surface area contributed by atoms with Crippen molar-refractivity contribution in [3.05, 3.63) is 0 Å². The Hall–Kier alpha value is -0.0800. The Morgan fingerprint density at radius 3 is 1.69 bits per heavy atom. The minimum Gasteiger partial charge on any atom is -0.396 e. The molecule has 0 aliphatic rings. The van der Waals surface area contributed by atoms with Gasteiger partial charge in [-0.1, -0.05) is 39.0 Å². The van der Waals surface area contributed by atoms with E-state index >= 15 is 0 Å². The normalized spacial score (nSPS) is 9.69. The Bertz CT molecular complexity index is 63.7. The van der Waals surface area contributed by atoms with Crippen LogP contribution in [0.3, 0.4) is 0 Å². The number of aliphatic hydroxyl groups is 2. The van der Waals surface area contributed by atoms with Gasteiger partial charge in [-0.15, -0.1) is 0 Å². The van der Waals surface area contributed by atoms with Gasteiger partial charge in [0, 0.05) is 12.7 Å². The lowest BCUT2D eigenvalue weighted by atomic mass is 10.1. The van der Waals surface area contributed by atoms with E-state index in [2.05, 4.69) is 6.92 Å². The smallest absolute Gasteiger partial charge is 0.0483 e. The minimum absolute atomic E-state index is 0.167. The zero-order chi connectivity index (χ0) is 10.5. The SMILES string of the molecule is CC(C)O.CCCCCCCCO. The molecule has 2 nitrogen and oxygen atoms in total. The highest BCUT2D eigenvalue weighted by molar-refractivity contribution is 4.41. The van der Waals surface area contributed by atoms with E-state index in [4.69, 9.17) is 10.2 Å². The molecule has 0 amide bonds. The van der Waals surface area contributed by atoms with Crippen LogP contribution < -0.4 is 0 Å². The molecule has 0 saturated carbocycles. The third-order valence-corrected chi connectivity index (χ3v) is 1.51. The van der Waals surface area contributed by atoms with Gasteiger partial charge in [0.15, 0.2) is 0 Å². The van der Waals surface area contributed by atoms with Gasteiger partial charge in [-0.2, -0.15) is 0 Å². The Morgan fingerprint density at radius 2 is 1.31 bits per heavy atom. The first-order chi connectivity index (χ1) is 6.15. The monoisotopic (exact) mass is 190 g/mol. The second-order valence-corrected chi connectivity index (χ2v) is 3.59. The molecule has 2 heteroatoms. The molecule has 0 saturated heterocycles. The molecule has 0 aromatic carbocycles. The fourth-order valence-corrected chi connectivity index (χ4v) is 0.892. The summed E-state index contributed by atoms with van der Waals surface area (Å²) in [5.41, 5.74) is 0. The number of unbranched alkanes of at least 4 members (excludes halogenated alkanes) is 5. The first kappa shape index (κ1) is 15.4. The molecule has 0 rings (SSSR count). The number of hydrogen-bond donors (Lipinski definition) is 2. The largest absolute Gasteiger partial charge is 0.396 e. The fraction of sp³-hybridized carbons (Fsp3) is 1.00. The minimum atomic E-state index is -0.167. The van der Waals surface area contributed by atoms with Gasteiger partial charge in [-0.3, -0.25) is 0 Å². The van der Waals surface area contributed by atoms with E-state index in [0.717, 1.165) is 6.42 Å². The number of aliphatic hydroxyl groups excluding tert-OH is 2. The summed E-state index contributed by atoms with van der Waals surface area (Å²) < 4.78 is 0. The third-order valence-electron chi connectivity index (χ3n) is 1.51. The molecule has 0 spiro atoms. The van der Waals surface area contributed by atoms with E-state index in [1.807, 2.05) is 0 Å². The van der Waals surface area contributed by atoms with Crippen LogP contribution in [-0.4, -0.2) is 22.9 Å². The van der Waals surface area contributed by atoms with Crippen molar-refractivity contribution >= 4 is 0 Å². The van der Waals surface area contributed by atoms with Crippen LogP contribution in [0.5, 0.6) is 0 Å². The van der Waals surface area contributed by atoms with Gasteiger partial charge in [-0.05, 0) is 20.3 Å². The second kappa shape index (κ2) is 14.4. The van der Waals surface area contributed by atoms with Crippen molar-refractivity contribution in [3.63, 3.8) is 0 Å². The van der Waals surface area contributed by atoms with Crippen LogP contribution in [0.1, 0.15) is 59.3 Å². The van der Waals surface area contributed by atoms with Crippen LogP contribution >= 0.6 is 0 Å². The molecular weight excluding hydrogens is 164 g/mol. The molecule has 0 atom stereocenters. The molecule has 0 fully saturated rings. The van der Waals surface area contributed by atoms with Crippen molar-refractivity contribution in [1.29, 1.82) is 0 Å². The van der Waals surface area contributed by atoms with Crippen LogP contribution in [-0.2, 0) is 0 Å².